The normalized spacial score (nSPS) is 13.3. The Kier molecular flexibility index (Phi) is 10.2. The van der Waals surface area contributed by atoms with Crippen molar-refractivity contribution in [3.8, 4) is 0 Å². The molecule has 0 fully saturated rings. The molecule has 8 heteroatoms. The Balaban J connectivity index is 3.37. The van der Waals surface area contributed by atoms with E-state index >= 15 is 0 Å². The van der Waals surface area contributed by atoms with Gasteiger partial charge in [0.05, 0.1) is 6.61 Å². The maximum atomic E-state index is 13.5. The van der Waals surface area contributed by atoms with Gasteiger partial charge in [-0.15, -0.1) is 0 Å². The largest absolute Gasteiger partial charge is 0.444 e. The summed E-state index contributed by atoms with van der Waals surface area (Å²) in [5, 5.41) is 15.2. The van der Waals surface area contributed by atoms with Crippen LogP contribution in [0.25, 0.3) is 0 Å². The Morgan fingerprint density at radius 1 is 1.06 bits per heavy atom. The van der Waals surface area contributed by atoms with Gasteiger partial charge in [-0.3, -0.25) is 9.59 Å². The fourth-order valence-electron chi connectivity index (χ4n) is 3.45. The third-order valence-corrected chi connectivity index (χ3v) is 4.47. The first-order valence-corrected chi connectivity index (χ1v) is 11.1. The number of amides is 3. The molecule has 0 aliphatic heterocycles. The van der Waals surface area contributed by atoms with Crippen LogP contribution in [0.3, 0.4) is 0 Å². The van der Waals surface area contributed by atoms with Crippen molar-refractivity contribution in [2.45, 2.75) is 85.5 Å². The Morgan fingerprint density at radius 2 is 1.62 bits per heavy atom. The number of rotatable bonds is 9. The Hall–Kier alpha value is -2.61. The first-order chi connectivity index (χ1) is 14.8. The minimum atomic E-state index is -1.24. The van der Waals surface area contributed by atoms with E-state index in [1.807, 2.05) is 52.8 Å². The van der Waals surface area contributed by atoms with Crippen LogP contribution in [0.2, 0.25) is 0 Å². The van der Waals surface area contributed by atoms with E-state index < -0.39 is 36.3 Å². The van der Waals surface area contributed by atoms with Crippen molar-refractivity contribution in [1.82, 2.24) is 15.5 Å². The molecule has 0 saturated heterocycles. The fraction of sp³-hybridized carbons (Fsp3) is 0.625. The molecule has 0 aliphatic rings. The van der Waals surface area contributed by atoms with Crippen LogP contribution in [0, 0.1) is 13.8 Å². The Labute approximate surface area is 191 Å². The molecular formula is C24H39N3O5. The summed E-state index contributed by atoms with van der Waals surface area (Å²) >= 11 is 0. The van der Waals surface area contributed by atoms with Gasteiger partial charge in [0, 0.05) is 12.6 Å². The lowest BCUT2D eigenvalue weighted by Crippen LogP contribution is -2.55. The molecule has 1 aromatic carbocycles. The third-order valence-electron chi connectivity index (χ3n) is 4.47. The molecule has 8 nitrogen and oxygen atoms in total. The topological polar surface area (TPSA) is 108 Å². The second kappa shape index (κ2) is 11.9. The van der Waals surface area contributed by atoms with Crippen molar-refractivity contribution in [1.29, 1.82) is 0 Å². The molecule has 0 aliphatic carbocycles. The number of benzene rings is 1. The van der Waals surface area contributed by atoms with E-state index in [-0.39, 0.29) is 18.5 Å². The van der Waals surface area contributed by atoms with Crippen molar-refractivity contribution in [3.05, 3.63) is 34.9 Å². The van der Waals surface area contributed by atoms with E-state index in [0.29, 0.717) is 12.0 Å². The van der Waals surface area contributed by atoms with E-state index in [4.69, 9.17) is 4.74 Å². The van der Waals surface area contributed by atoms with Crippen LogP contribution >= 0.6 is 0 Å². The second-order valence-electron chi connectivity index (χ2n) is 9.40. The summed E-state index contributed by atoms with van der Waals surface area (Å²) in [7, 11) is 0. The lowest BCUT2D eigenvalue weighted by atomic mass is 9.98. The quantitative estimate of drug-likeness (QED) is 0.537. The fourth-order valence-corrected chi connectivity index (χ4v) is 3.45. The van der Waals surface area contributed by atoms with Gasteiger partial charge in [-0.25, -0.2) is 4.79 Å². The monoisotopic (exact) mass is 449 g/mol. The zero-order chi connectivity index (χ0) is 24.6. The summed E-state index contributed by atoms with van der Waals surface area (Å²) in [6, 6.07) is 3.48. The molecule has 0 aromatic heterocycles. The third kappa shape index (κ3) is 8.49. The first kappa shape index (κ1) is 27.4. The zero-order valence-corrected chi connectivity index (χ0v) is 20.6. The smallest absolute Gasteiger partial charge is 0.408 e. The molecule has 0 bridgehead atoms. The number of nitrogens with one attached hydrogen (secondary N) is 2. The van der Waals surface area contributed by atoms with Crippen LogP contribution in [0.1, 0.15) is 70.7 Å². The van der Waals surface area contributed by atoms with Gasteiger partial charge < -0.3 is 25.4 Å². The molecule has 0 spiro atoms. The highest BCUT2D eigenvalue weighted by Crippen LogP contribution is 2.25. The van der Waals surface area contributed by atoms with Crippen LogP contribution in [-0.4, -0.2) is 58.8 Å². The summed E-state index contributed by atoms with van der Waals surface area (Å²) < 4.78 is 5.23. The van der Waals surface area contributed by atoms with Crippen LogP contribution in [-0.2, 0) is 14.3 Å². The van der Waals surface area contributed by atoms with Crippen LogP contribution in [0.5, 0.6) is 0 Å². The molecule has 0 heterocycles. The zero-order valence-electron chi connectivity index (χ0n) is 20.6. The lowest BCUT2D eigenvalue weighted by Gasteiger charge is -2.34. The van der Waals surface area contributed by atoms with Crippen LogP contribution in [0.15, 0.2) is 18.2 Å². The molecule has 0 saturated carbocycles. The predicted octanol–water partition coefficient (Wildman–Crippen LogP) is 2.99. The van der Waals surface area contributed by atoms with Gasteiger partial charge in [-0.05, 0) is 60.5 Å². The number of alkyl carbamates (subject to hydrolysis) is 1. The molecule has 1 aromatic rings. The average Bonchev–Trinajstić information content (AvgIpc) is 2.62. The lowest BCUT2D eigenvalue weighted by molar-refractivity contribution is -0.143. The molecule has 180 valence electrons. The van der Waals surface area contributed by atoms with Crippen molar-refractivity contribution < 1.29 is 24.2 Å². The highest BCUT2D eigenvalue weighted by molar-refractivity contribution is 5.92. The number of hydrogen-bond donors (Lipinski definition) is 3. The molecule has 3 N–H and O–H groups in total. The Bertz CT molecular complexity index is 781. The van der Waals surface area contributed by atoms with Crippen molar-refractivity contribution in [2.75, 3.05) is 13.2 Å². The minimum Gasteiger partial charge on any atom is -0.444 e. The van der Waals surface area contributed by atoms with Crippen molar-refractivity contribution in [3.63, 3.8) is 0 Å². The number of aryl methyl sites for hydroxylation is 2. The molecule has 1 rings (SSSR count). The van der Waals surface area contributed by atoms with Crippen LogP contribution < -0.4 is 10.6 Å². The predicted molar refractivity (Wildman–Crippen MR) is 124 cm³/mol. The second-order valence-corrected chi connectivity index (χ2v) is 9.40. The maximum Gasteiger partial charge on any atom is 0.408 e. The van der Waals surface area contributed by atoms with Gasteiger partial charge in [-0.1, -0.05) is 36.2 Å². The molecule has 2 unspecified atom stereocenters. The van der Waals surface area contributed by atoms with E-state index in [1.165, 1.54) is 4.90 Å². The number of ether oxygens (including phenoxy) is 1. The van der Waals surface area contributed by atoms with Crippen LogP contribution in [0.4, 0.5) is 4.79 Å². The standard InChI is InChI=1S/C24H39N3O5/c1-9-10-27(22(30)19(14-28)26-23(31)32-24(6,7)8)20(21(29)25-15(2)3)18-12-16(4)11-17(5)13-18/h11-13,15,19-20,28H,9-10,14H2,1-8H3,(H,25,29)(H,26,31). The highest BCUT2D eigenvalue weighted by Gasteiger charge is 2.36. The van der Waals surface area contributed by atoms with E-state index in [2.05, 4.69) is 10.6 Å². The Morgan fingerprint density at radius 3 is 2.06 bits per heavy atom. The minimum absolute atomic E-state index is 0.122. The molecule has 32 heavy (non-hydrogen) atoms. The number of carbonyl (C=O) groups is 3. The van der Waals surface area contributed by atoms with Crippen molar-refractivity contribution in [2.24, 2.45) is 0 Å². The van der Waals surface area contributed by atoms with Gasteiger partial charge in [0.2, 0.25) is 11.8 Å². The number of hydrogen-bond acceptors (Lipinski definition) is 5. The van der Waals surface area contributed by atoms with E-state index in [1.54, 1.807) is 20.8 Å². The summed E-state index contributed by atoms with van der Waals surface area (Å²) in [6.45, 7) is 14.2. The van der Waals surface area contributed by atoms with Gasteiger partial charge >= 0.3 is 6.09 Å². The number of carbonyl (C=O) groups excluding carboxylic acids is 3. The first-order valence-electron chi connectivity index (χ1n) is 11.1. The number of aliphatic hydroxyl groups excluding tert-OH is 1. The van der Waals surface area contributed by atoms with Gasteiger partial charge in [0.25, 0.3) is 0 Å². The van der Waals surface area contributed by atoms with Crippen molar-refractivity contribution >= 4 is 17.9 Å². The molecular weight excluding hydrogens is 410 g/mol. The number of aliphatic hydroxyl groups is 1. The van der Waals surface area contributed by atoms with Gasteiger partial charge in [0.15, 0.2) is 0 Å². The summed E-state index contributed by atoms with van der Waals surface area (Å²) in [5.74, 6) is -0.871. The van der Waals surface area contributed by atoms with E-state index in [9.17, 15) is 19.5 Å². The van der Waals surface area contributed by atoms with Gasteiger partial charge in [0.1, 0.15) is 17.7 Å². The SMILES string of the molecule is CCCN(C(=O)C(CO)NC(=O)OC(C)(C)C)C(C(=O)NC(C)C)c1cc(C)cc(C)c1. The highest BCUT2D eigenvalue weighted by atomic mass is 16.6. The summed E-state index contributed by atoms with van der Waals surface area (Å²) in [6.07, 6.45) is -0.219. The molecule has 0 radical (unpaired) electrons. The van der Waals surface area contributed by atoms with E-state index in [0.717, 1.165) is 11.1 Å². The number of nitrogens with zero attached hydrogens (tertiary/aromatic N) is 1. The average molecular weight is 450 g/mol. The summed E-state index contributed by atoms with van der Waals surface area (Å²) in [4.78, 5) is 40.3. The van der Waals surface area contributed by atoms with Gasteiger partial charge in [-0.2, -0.15) is 0 Å². The maximum absolute atomic E-state index is 13.5. The molecule has 3 amide bonds. The molecule has 2 atom stereocenters. The summed E-state index contributed by atoms with van der Waals surface area (Å²) in [5.41, 5.74) is 1.86.